The van der Waals surface area contributed by atoms with E-state index in [1.54, 1.807) is 0 Å². The van der Waals surface area contributed by atoms with E-state index in [0.717, 1.165) is 60.1 Å². The Balaban J connectivity index is 1.97. The number of hydrogen-bond acceptors (Lipinski definition) is 4. The first-order valence-electron chi connectivity index (χ1n) is 15.5. The predicted molar refractivity (Wildman–Crippen MR) is 176 cm³/mol. The van der Waals surface area contributed by atoms with Crippen molar-refractivity contribution in [3.05, 3.63) is 85.0 Å². The summed E-state index contributed by atoms with van der Waals surface area (Å²) in [4.78, 5) is 23.9. The Labute approximate surface area is 253 Å². The Kier molecular flexibility index (Phi) is 11.6. The van der Waals surface area contributed by atoms with Gasteiger partial charge in [0.05, 0.1) is 0 Å². The molecule has 0 radical (unpaired) electrons. The Morgan fingerprint density at radius 1 is 0.667 bits per heavy atom. The highest BCUT2D eigenvalue weighted by atomic mass is 16.5. The average molecular weight is 571 g/mol. The van der Waals surface area contributed by atoms with Gasteiger partial charge in [0.15, 0.2) is 0 Å². The number of carbonyl (C=O) groups is 2. The number of fused-ring (bicyclic) bond motifs is 2. The topological polar surface area (TPSA) is 52.6 Å². The van der Waals surface area contributed by atoms with Gasteiger partial charge in [-0.3, -0.25) is 0 Å². The van der Waals surface area contributed by atoms with Crippen molar-refractivity contribution in [2.24, 2.45) is 11.8 Å². The quantitative estimate of drug-likeness (QED) is 0.0977. The highest BCUT2D eigenvalue weighted by Gasteiger charge is 2.30. The van der Waals surface area contributed by atoms with E-state index in [1.807, 2.05) is 0 Å². The van der Waals surface area contributed by atoms with Crippen LogP contribution in [0, 0.1) is 11.8 Å². The van der Waals surface area contributed by atoms with Crippen molar-refractivity contribution in [3.63, 3.8) is 0 Å². The fourth-order valence-corrected chi connectivity index (χ4v) is 5.73. The van der Waals surface area contributed by atoms with Gasteiger partial charge in [0.2, 0.25) is 0 Å². The van der Waals surface area contributed by atoms with Crippen LogP contribution in [0.3, 0.4) is 0 Å². The van der Waals surface area contributed by atoms with Gasteiger partial charge in [0.25, 0.3) is 0 Å². The van der Waals surface area contributed by atoms with Gasteiger partial charge in [-0.1, -0.05) is 117 Å². The molecule has 2 atom stereocenters. The molecule has 0 aliphatic rings. The summed E-state index contributed by atoms with van der Waals surface area (Å²) >= 11 is 0. The average Bonchev–Trinajstić information content (AvgIpc) is 2.96. The van der Waals surface area contributed by atoms with Crippen molar-refractivity contribution in [2.75, 3.05) is 13.2 Å². The molecule has 0 aromatic heterocycles. The standard InChI is InChI=1S/C38H50O4/c1-9-35(39)41-25-37(7,19-11-13-27(3)4)33-17-15-29-22-32-24-34(18-16-30(32)21-31(29)23-33)38(8,20-12-14-28(5)6)26-42-36(40)10-2/h9-10,15-18,21-24,27-28H,1-2,11-14,19-20,25-26H2,3-8H3. The van der Waals surface area contributed by atoms with E-state index in [-0.39, 0.29) is 22.8 Å². The number of hydrogen-bond donors (Lipinski definition) is 0. The van der Waals surface area contributed by atoms with Crippen LogP contribution in [0.25, 0.3) is 21.5 Å². The smallest absolute Gasteiger partial charge is 0.330 e. The van der Waals surface area contributed by atoms with Crippen LogP contribution in [0.2, 0.25) is 0 Å². The molecule has 0 saturated heterocycles. The van der Waals surface area contributed by atoms with Crippen LogP contribution in [0.5, 0.6) is 0 Å². The van der Waals surface area contributed by atoms with E-state index in [1.165, 1.54) is 23.3 Å². The number of benzene rings is 3. The maximum absolute atomic E-state index is 11.9. The molecule has 0 aliphatic carbocycles. The summed E-state index contributed by atoms with van der Waals surface area (Å²) in [6, 6.07) is 17.7. The highest BCUT2D eigenvalue weighted by molar-refractivity contribution is 5.99. The van der Waals surface area contributed by atoms with Crippen LogP contribution < -0.4 is 0 Å². The van der Waals surface area contributed by atoms with Crippen LogP contribution >= 0.6 is 0 Å². The minimum atomic E-state index is -0.386. The Bertz CT molecular complexity index is 1290. The molecule has 4 heteroatoms. The lowest BCUT2D eigenvalue weighted by molar-refractivity contribution is -0.140. The Hall–Kier alpha value is -3.40. The Morgan fingerprint density at radius 3 is 1.38 bits per heavy atom. The van der Waals surface area contributed by atoms with Crippen LogP contribution in [-0.2, 0) is 29.9 Å². The fourth-order valence-electron chi connectivity index (χ4n) is 5.73. The molecule has 0 aliphatic heterocycles. The molecule has 0 amide bonds. The molecule has 3 rings (SSSR count). The molecule has 3 aromatic rings. The predicted octanol–water partition coefficient (Wildman–Crippen LogP) is 9.62. The lowest BCUT2D eigenvalue weighted by Crippen LogP contribution is -2.30. The first kappa shape index (κ1) is 33.1. The largest absolute Gasteiger partial charge is 0.462 e. The molecule has 226 valence electrons. The van der Waals surface area contributed by atoms with Crippen molar-refractivity contribution in [3.8, 4) is 0 Å². The molecular formula is C38H50O4. The molecule has 0 N–H and O–H groups in total. The maximum Gasteiger partial charge on any atom is 0.330 e. The second kappa shape index (κ2) is 14.7. The van der Waals surface area contributed by atoms with Crippen LogP contribution in [0.1, 0.15) is 91.2 Å². The third kappa shape index (κ3) is 8.80. The van der Waals surface area contributed by atoms with E-state index < -0.39 is 0 Å². The minimum Gasteiger partial charge on any atom is -0.462 e. The van der Waals surface area contributed by atoms with Gasteiger partial charge < -0.3 is 9.47 Å². The highest BCUT2D eigenvalue weighted by Crippen LogP contribution is 2.36. The second-order valence-corrected chi connectivity index (χ2v) is 13.3. The van der Waals surface area contributed by atoms with E-state index in [0.29, 0.717) is 25.0 Å². The normalized spacial score (nSPS) is 14.5. The van der Waals surface area contributed by atoms with Crippen LogP contribution in [0.15, 0.2) is 73.8 Å². The first-order chi connectivity index (χ1) is 19.9. The molecule has 0 heterocycles. The maximum atomic E-state index is 11.9. The summed E-state index contributed by atoms with van der Waals surface area (Å²) < 4.78 is 11.2. The zero-order valence-corrected chi connectivity index (χ0v) is 26.6. The van der Waals surface area contributed by atoms with Gasteiger partial charge in [-0.2, -0.15) is 0 Å². The molecule has 42 heavy (non-hydrogen) atoms. The summed E-state index contributed by atoms with van der Waals surface area (Å²) in [7, 11) is 0. The zero-order chi connectivity index (χ0) is 30.9. The number of carbonyl (C=O) groups excluding carboxylic acids is 2. The molecule has 0 saturated carbocycles. The molecule has 0 bridgehead atoms. The monoisotopic (exact) mass is 570 g/mol. The van der Waals surface area contributed by atoms with Gasteiger partial charge in [-0.05, 0) is 69.5 Å². The zero-order valence-electron chi connectivity index (χ0n) is 26.6. The van der Waals surface area contributed by atoms with Gasteiger partial charge in [0.1, 0.15) is 13.2 Å². The minimum absolute atomic E-state index is 0.290. The van der Waals surface area contributed by atoms with Crippen molar-refractivity contribution in [1.29, 1.82) is 0 Å². The summed E-state index contributed by atoms with van der Waals surface area (Å²) in [5.74, 6) is 0.485. The second-order valence-electron chi connectivity index (χ2n) is 13.3. The van der Waals surface area contributed by atoms with Crippen molar-refractivity contribution >= 4 is 33.5 Å². The number of esters is 2. The van der Waals surface area contributed by atoms with Crippen LogP contribution in [-0.4, -0.2) is 25.2 Å². The molecule has 3 aromatic carbocycles. The van der Waals surface area contributed by atoms with E-state index in [2.05, 4.69) is 103 Å². The summed E-state index contributed by atoms with van der Waals surface area (Å²) in [5, 5.41) is 4.65. The number of rotatable bonds is 16. The van der Waals surface area contributed by atoms with Gasteiger partial charge in [0, 0.05) is 23.0 Å². The SMILES string of the molecule is C=CC(=O)OCC(C)(CCCC(C)C)c1ccc2cc3cc(C(C)(CCCC(C)C)COC(=O)C=C)ccc3cc2c1. The van der Waals surface area contributed by atoms with E-state index in [4.69, 9.17) is 9.47 Å². The lowest BCUT2D eigenvalue weighted by atomic mass is 9.77. The fraction of sp³-hybridized carbons (Fsp3) is 0.474. The third-order valence-corrected chi connectivity index (χ3v) is 8.61. The van der Waals surface area contributed by atoms with Crippen molar-refractivity contribution in [1.82, 2.24) is 0 Å². The molecule has 0 fully saturated rings. The number of ether oxygens (including phenoxy) is 2. The van der Waals surface area contributed by atoms with Gasteiger partial charge >= 0.3 is 11.9 Å². The van der Waals surface area contributed by atoms with Crippen molar-refractivity contribution < 1.29 is 19.1 Å². The summed E-state index contributed by atoms with van der Waals surface area (Å²) in [6.45, 7) is 21.1. The van der Waals surface area contributed by atoms with Crippen LogP contribution in [0.4, 0.5) is 0 Å². The first-order valence-corrected chi connectivity index (χ1v) is 15.5. The Morgan fingerprint density at radius 2 is 1.05 bits per heavy atom. The van der Waals surface area contributed by atoms with Gasteiger partial charge in [-0.25, -0.2) is 9.59 Å². The van der Waals surface area contributed by atoms with E-state index >= 15 is 0 Å². The molecule has 4 nitrogen and oxygen atoms in total. The molecule has 2 unspecified atom stereocenters. The summed E-state index contributed by atoms with van der Waals surface area (Å²) in [6.07, 6.45) is 8.73. The third-order valence-electron chi connectivity index (χ3n) is 8.61. The molecule has 0 spiro atoms. The molecular weight excluding hydrogens is 520 g/mol. The summed E-state index contributed by atoms with van der Waals surface area (Å²) in [5.41, 5.74) is 1.77. The lowest BCUT2D eigenvalue weighted by Gasteiger charge is -2.31. The van der Waals surface area contributed by atoms with Gasteiger partial charge in [-0.15, -0.1) is 0 Å². The van der Waals surface area contributed by atoms with E-state index in [9.17, 15) is 9.59 Å². The van der Waals surface area contributed by atoms with Crippen molar-refractivity contribution in [2.45, 2.75) is 90.9 Å².